The molecule has 7 heteroatoms. The lowest BCUT2D eigenvalue weighted by atomic mass is 9.84. The van der Waals surface area contributed by atoms with Crippen LogP contribution in [0.1, 0.15) is 32.1 Å². The number of nitrogens with zero attached hydrogens (tertiary/aromatic N) is 3. The summed E-state index contributed by atoms with van der Waals surface area (Å²) in [7, 11) is 7.27. The SMILES string of the molecule is CN=C(NCCCN(C)c1ccccc1F)NCC1(C(=O)N(C)C)CCCC1. The third-order valence-corrected chi connectivity index (χ3v) is 5.46. The van der Waals surface area contributed by atoms with Gasteiger partial charge < -0.3 is 20.4 Å². The van der Waals surface area contributed by atoms with Gasteiger partial charge in [-0.05, 0) is 31.4 Å². The van der Waals surface area contributed by atoms with Crippen LogP contribution in [0, 0.1) is 11.2 Å². The van der Waals surface area contributed by atoms with Crippen LogP contribution >= 0.6 is 0 Å². The Balaban J connectivity index is 1.78. The fourth-order valence-corrected chi connectivity index (χ4v) is 3.87. The van der Waals surface area contributed by atoms with Crippen molar-refractivity contribution in [3.63, 3.8) is 0 Å². The fourth-order valence-electron chi connectivity index (χ4n) is 3.87. The molecule has 1 aliphatic rings. The first-order chi connectivity index (χ1) is 13.4. The lowest BCUT2D eigenvalue weighted by Gasteiger charge is -2.31. The van der Waals surface area contributed by atoms with Crippen molar-refractivity contribution in [3.05, 3.63) is 30.1 Å². The van der Waals surface area contributed by atoms with E-state index in [0.717, 1.165) is 38.6 Å². The molecule has 2 N–H and O–H groups in total. The van der Waals surface area contributed by atoms with E-state index in [4.69, 9.17) is 0 Å². The highest BCUT2D eigenvalue weighted by atomic mass is 19.1. The van der Waals surface area contributed by atoms with E-state index in [9.17, 15) is 9.18 Å². The first-order valence-electron chi connectivity index (χ1n) is 10.0. The third-order valence-electron chi connectivity index (χ3n) is 5.46. The van der Waals surface area contributed by atoms with E-state index in [2.05, 4.69) is 15.6 Å². The number of benzene rings is 1. The van der Waals surface area contributed by atoms with Crippen molar-refractivity contribution in [1.82, 2.24) is 15.5 Å². The third kappa shape index (κ3) is 5.59. The predicted molar refractivity (Wildman–Crippen MR) is 113 cm³/mol. The van der Waals surface area contributed by atoms with E-state index < -0.39 is 0 Å². The second-order valence-corrected chi connectivity index (χ2v) is 7.77. The van der Waals surface area contributed by atoms with Crippen molar-refractivity contribution >= 4 is 17.6 Å². The molecular formula is C21H34FN5O. The fraction of sp³-hybridized carbons (Fsp3) is 0.619. The molecule has 0 spiro atoms. The highest BCUT2D eigenvalue weighted by Gasteiger charge is 2.42. The van der Waals surface area contributed by atoms with Crippen molar-refractivity contribution in [1.29, 1.82) is 0 Å². The average Bonchev–Trinajstić information content (AvgIpc) is 3.17. The van der Waals surface area contributed by atoms with Crippen LogP contribution in [0.2, 0.25) is 0 Å². The summed E-state index contributed by atoms with van der Waals surface area (Å²) in [6.07, 6.45) is 4.86. The van der Waals surface area contributed by atoms with Crippen LogP contribution in [0.4, 0.5) is 10.1 Å². The van der Waals surface area contributed by atoms with Crippen LogP contribution in [-0.2, 0) is 4.79 Å². The maximum atomic E-state index is 13.8. The number of amides is 1. The van der Waals surface area contributed by atoms with Crippen molar-refractivity contribution in [2.75, 3.05) is 52.7 Å². The Morgan fingerprint density at radius 3 is 2.46 bits per heavy atom. The van der Waals surface area contributed by atoms with E-state index in [1.807, 2.05) is 32.1 Å². The summed E-state index contributed by atoms with van der Waals surface area (Å²) in [6, 6.07) is 6.80. The monoisotopic (exact) mass is 391 g/mol. The molecule has 1 amide bonds. The Bertz CT molecular complexity index is 671. The molecule has 28 heavy (non-hydrogen) atoms. The van der Waals surface area contributed by atoms with Gasteiger partial charge in [-0.25, -0.2) is 4.39 Å². The Hall–Kier alpha value is -2.31. The zero-order chi connectivity index (χ0) is 20.6. The Morgan fingerprint density at radius 2 is 1.86 bits per heavy atom. The minimum Gasteiger partial charge on any atom is -0.372 e. The number of aliphatic imine (C=N–C) groups is 1. The maximum absolute atomic E-state index is 13.8. The number of nitrogens with one attached hydrogen (secondary N) is 2. The number of halogens is 1. The van der Waals surface area contributed by atoms with E-state index in [1.54, 1.807) is 24.1 Å². The van der Waals surface area contributed by atoms with Gasteiger partial charge in [0.1, 0.15) is 5.82 Å². The molecule has 0 heterocycles. The van der Waals surface area contributed by atoms with Crippen molar-refractivity contribution in [3.8, 4) is 0 Å². The van der Waals surface area contributed by atoms with E-state index >= 15 is 0 Å². The zero-order valence-electron chi connectivity index (χ0n) is 17.6. The van der Waals surface area contributed by atoms with Crippen LogP contribution in [0.25, 0.3) is 0 Å². The largest absolute Gasteiger partial charge is 0.372 e. The van der Waals surface area contributed by atoms with Crippen molar-refractivity contribution < 1.29 is 9.18 Å². The molecule has 2 rings (SSSR count). The van der Waals surface area contributed by atoms with Gasteiger partial charge in [-0.15, -0.1) is 0 Å². The summed E-state index contributed by atoms with van der Waals surface area (Å²) >= 11 is 0. The molecule has 1 aromatic carbocycles. The highest BCUT2D eigenvalue weighted by Crippen LogP contribution is 2.38. The van der Waals surface area contributed by atoms with Crippen molar-refractivity contribution in [2.45, 2.75) is 32.1 Å². The first kappa shape index (κ1) is 22.0. The van der Waals surface area contributed by atoms with E-state index in [-0.39, 0.29) is 17.1 Å². The number of guanidine groups is 1. The van der Waals surface area contributed by atoms with Gasteiger partial charge in [0.2, 0.25) is 5.91 Å². The average molecular weight is 392 g/mol. The van der Waals surface area contributed by atoms with Crippen LogP contribution in [0.3, 0.4) is 0 Å². The summed E-state index contributed by atoms with van der Waals surface area (Å²) in [4.78, 5) is 20.5. The van der Waals surface area contributed by atoms with Crippen molar-refractivity contribution in [2.24, 2.45) is 10.4 Å². The molecule has 156 valence electrons. The number of para-hydroxylation sites is 1. The molecule has 1 aromatic rings. The molecule has 6 nitrogen and oxygen atoms in total. The van der Waals surface area contributed by atoms with Gasteiger partial charge in [0.25, 0.3) is 0 Å². The molecular weight excluding hydrogens is 357 g/mol. The summed E-state index contributed by atoms with van der Waals surface area (Å²) < 4.78 is 13.8. The number of carbonyl (C=O) groups excluding carboxylic acids is 1. The summed E-state index contributed by atoms with van der Waals surface area (Å²) in [6.45, 7) is 2.04. The molecule has 0 aromatic heterocycles. The lowest BCUT2D eigenvalue weighted by molar-refractivity contribution is -0.138. The van der Waals surface area contributed by atoms with Gasteiger partial charge in [-0.3, -0.25) is 9.79 Å². The maximum Gasteiger partial charge on any atom is 0.230 e. The number of rotatable bonds is 8. The molecule has 0 unspecified atom stereocenters. The van der Waals surface area contributed by atoms with E-state index in [0.29, 0.717) is 24.7 Å². The molecule has 0 saturated heterocycles. The normalized spacial score (nSPS) is 16.0. The predicted octanol–water partition coefficient (Wildman–Crippen LogP) is 2.47. The lowest BCUT2D eigenvalue weighted by Crippen LogP contribution is -2.49. The standard InChI is InChI=1S/C21H34FN5O/c1-23-20(25-16-21(12-7-8-13-21)19(28)26(2)3)24-14-9-15-27(4)18-11-6-5-10-17(18)22/h5-6,10-11H,7-9,12-16H2,1-4H3,(H2,23,24,25). The summed E-state index contributed by atoms with van der Waals surface area (Å²) in [5, 5.41) is 6.63. The van der Waals surface area contributed by atoms with Crippen LogP contribution in [-0.4, -0.2) is 64.6 Å². The Labute approximate surface area is 168 Å². The first-order valence-corrected chi connectivity index (χ1v) is 10.0. The minimum atomic E-state index is -0.327. The smallest absolute Gasteiger partial charge is 0.230 e. The van der Waals surface area contributed by atoms with Gasteiger partial charge in [-0.1, -0.05) is 25.0 Å². The highest BCUT2D eigenvalue weighted by molar-refractivity contribution is 5.85. The van der Waals surface area contributed by atoms with Gasteiger partial charge in [-0.2, -0.15) is 0 Å². The zero-order valence-corrected chi connectivity index (χ0v) is 17.6. The molecule has 0 radical (unpaired) electrons. The summed E-state index contributed by atoms with van der Waals surface area (Å²) in [5.41, 5.74) is 0.280. The molecule has 1 fully saturated rings. The number of carbonyl (C=O) groups is 1. The Morgan fingerprint density at radius 1 is 1.18 bits per heavy atom. The quantitative estimate of drug-likeness (QED) is 0.406. The minimum absolute atomic E-state index is 0.194. The number of anilines is 1. The second-order valence-electron chi connectivity index (χ2n) is 7.77. The number of hydrogen-bond donors (Lipinski definition) is 2. The van der Waals surface area contributed by atoms with Crippen LogP contribution in [0.15, 0.2) is 29.3 Å². The summed E-state index contributed by atoms with van der Waals surface area (Å²) in [5.74, 6) is 0.689. The van der Waals surface area contributed by atoms with Crippen LogP contribution in [0.5, 0.6) is 0 Å². The molecule has 0 atom stereocenters. The second kappa shape index (κ2) is 10.3. The van der Waals surface area contributed by atoms with Gasteiger partial charge in [0.05, 0.1) is 11.1 Å². The van der Waals surface area contributed by atoms with Gasteiger partial charge in [0.15, 0.2) is 5.96 Å². The Kier molecular flexibility index (Phi) is 8.08. The topological polar surface area (TPSA) is 60.0 Å². The molecule has 0 aliphatic heterocycles. The number of hydrogen-bond acceptors (Lipinski definition) is 3. The molecule has 1 saturated carbocycles. The molecule has 1 aliphatic carbocycles. The van der Waals surface area contributed by atoms with Gasteiger partial charge >= 0.3 is 0 Å². The molecule has 0 bridgehead atoms. The van der Waals surface area contributed by atoms with Crippen LogP contribution < -0.4 is 15.5 Å². The van der Waals surface area contributed by atoms with Gasteiger partial charge in [0, 0.05) is 47.8 Å². The van der Waals surface area contributed by atoms with E-state index in [1.165, 1.54) is 6.07 Å².